The van der Waals surface area contributed by atoms with E-state index in [2.05, 4.69) is 21.9 Å². The second kappa shape index (κ2) is 4.61. The molecule has 16 heavy (non-hydrogen) atoms. The van der Waals surface area contributed by atoms with Crippen molar-refractivity contribution in [2.24, 2.45) is 0 Å². The number of imidazole rings is 1. The van der Waals surface area contributed by atoms with Gasteiger partial charge in [-0.2, -0.15) is 0 Å². The molecule has 0 amide bonds. The molecular formula is C11H13ClN4. The average Bonchev–Trinajstić information content (AvgIpc) is 2.76. The number of hydrogen-bond acceptors (Lipinski definition) is 3. The van der Waals surface area contributed by atoms with Crippen LogP contribution >= 0.6 is 11.6 Å². The molecule has 0 saturated carbocycles. The summed E-state index contributed by atoms with van der Waals surface area (Å²) < 4.78 is 1.96. The Balaban J connectivity index is 2.60. The van der Waals surface area contributed by atoms with Crippen LogP contribution in [0.1, 0.15) is 25.2 Å². The number of nitrogens with zero attached hydrogens (tertiary/aromatic N) is 4. The highest BCUT2D eigenvalue weighted by molar-refractivity contribution is 6.30. The third-order valence-electron chi connectivity index (χ3n) is 2.49. The molecule has 2 aromatic heterocycles. The molecule has 0 aliphatic carbocycles. The van der Waals surface area contributed by atoms with Crippen LogP contribution in [0.3, 0.4) is 0 Å². The van der Waals surface area contributed by atoms with Crippen molar-refractivity contribution in [3.8, 4) is 5.82 Å². The van der Waals surface area contributed by atoms with Gasteiger partial charge in [0.2, 0.25) is 0 Å². The van der Waals surface area contributed by atoms with Gasteiger partial charge >= 0.3 is 0 Å². The minimum atomic E-state index is 0.517. The number of aryl methyl sites for hydroxylation is 1. The predicted octanol–water partition coefficient (Wildman–Crippen LogP) is 2.44. The summed E-state index contributed by atoms with van der Waals surface area (Å²) in [6.07, 6.45) is 6.81. The molecule has 5 heteroatoms. The minimum absolute atomic E-state index is 0.517. The first-order valence-corrected chi connectivity index (χ1v) is 5.67. The van der Waals surface area contributed by atoms with Crippen LogP contribution in [-0.2, 0) is 12.8 Å². The monoisotopic (exact) mass is 236 g/mol. The Morgan fingerprint density at radius 3 is 2.69 bits per heavy atom. The van der Waals surface area contributed by atoms with Gasteiger partial charge in [0.1, 0.15) is 23.1 Å². The molecule has 0 saturated heterocycles. The summed E-state index contributed by atoms with van der Waals surface area (Å²) in [5, 5.41) is 0.517. The highest BCUT2D eigenvalue weighted by Gasteiger charge is 2.12. The number of hydrogen-bond donors (Lipinski definition) is 0. The molecule has 0 bridgehead atoms. The molecule has 2 rings (SSSR count). The van der Waals surface area contributed by atoms with Crippen molar-refractivity contribution in [1.82, 2.24) is 19.5 Å². The van der Waals surface area contributed by atoms with E-state index in [9.17, 15) is 0 Å². The maximum Gasteiger partial charge on any atom is 0.146 e. The van der Waals surface area contributed by atoms with Gasteiger partial charge in [-0.25, -0.2) is 15.0 Å². The van der Waals surface area contributed by atoms with Crippen molar-refractivity contribution in [1.29, 1.82) is 0 Å². The van der Waals surface area contributed by atoms with E-state index in [0.29, 0.717) is 5.15 Å². The second-order valence-electron chi connectivity index (χ2n) is 3.39. The Morgan fingerprint density at radius 1 is 1.19 bits per heavy atom. The fraction of sp³-hybridized carbons (Fsp3) is 0.364. The lowest BCUT2D eigenvalue weighted by Gasteiger charge is -2.10. The molecule has 2 heterocycles. The number of aromatic nitrogens is 4. The van der Waals surface area contributed by atoms with Gasteiger partial charge in [0.15, 0.2) is 0 Å². The first-order valence-electron chi connectivity index (χ1n) is 5.29. The van der Waals surface area contributed by atoms with Crippen molar-refractivity contribution in [3.05, 3.63) is 35.3 Å². The Bertz CT molecular complexity index is 492. The van der Waals surface area contributed by atoms with E-state index in [1.807, 2.05) is 17.7 Å². The molecule has 0 aromatic carbocycles. The van der Waals surface area contributed by atoms with Crippen molar-refractivity contribution >= 4 is 11.6 Å². The van der Waals surface area contributed by atoms with E-state index in [4.69, 9.17) is 11.6 Å². The van der Waals surface area contributed by atoms with Crippen molar-refractivity contribution in [2.75, 3.05) is 0 Å². The van der Waals surface area contributed by atoms with Crippen LogP contribution in [0, 0.1) is 0 Å². The smallest absolute Gasteiger partial charge is 0.146 e. The van der Waals surface area contributed by atoms with Crippen molar-refractivity contribution in [2.45, 2.75) is 26.7 Å². The SMILES string of the molecule is CCc1c(Cl)ncnc1-n1ccnc1CC. The first-order chi connectivity index (χ1) is 7.77. The number of rotatable bonds is 3. The zero-order valence-electron chi connectivity index (χ0n) is 9.31. The lowest BCUT2D eigenvalue weighted by molar-refractivity contribution is 0.842. The Hall–Kier alpha value is -1.42. The van der Waals surface area contributed by atoms with E-state index >= 15 is 0 Å². The van der Waals surface area contributed by atoms with E-state index in [1.54, 1.807) is 6.20 Å². The fourth-order valence-electron chi connectivity index (χ4n) is 1.68. The molecule has 0 aliphatic heterocycles. The maximum atomic E-state index is 6.06. The molecule has 0 N–H and O–H groups in total. The van der Waals surface area contributed by atoms with Gasteiger partial charge < -0.3 is 0 Å². The van der Waals surface area contributed by atoms with Crippen LogP contribution in [-0.4, -0.2) is 19.5 Å². The quantitative estimate of drug-likeness (QED) is 0.769. The Kier molecular flexibility index (Phi) is 3.19. The molecule has 0 fully saturated rings. The second-order valence-corrected chi connectivity index (χ2v) is 3.75. The molecule has 0 unspecified atom stereocenters. The van der Waals surface area contributed by atoms with Gasteiger partial charge in [-0.05, 0) is 6.42 Å². The fourth-order valence-corrected chi connectivity index (χ4v) is 1.94. The van der Waals surface area contributed by atoms with E-state index < -0.39 is 0 Å². The molecule has 84 valence electrons. The third-order valence-corrected chi connectivity index (χ3v) is 2.81. The third kappa shape index (κ3) is 1.80. The average molecular weight is 237 g/mol. The van der Waals surface area contributed by atoms with Gasteiger partial charge in [0.25, 0.3) is 0 Å². The highest BCUT2D eigenvalue weighted by atomic mass is 35.5. The van der Waals surface area contributed by atoms with Crippen LogP contribution in [0.15, 0.2) is 18.7 Å². The topological polar surface area (TPSA) is 43.6 Å². The summed E-state index contributed by atoms with van der Waals surface area (Å²) in [5.74, 6) is 1.81. The molecule has 0 aliphatic rings. The lowest BCUT2D eigenvalue weighted by Crippen LogP contribution is -2.06. The zero-order chi connectivity index (χ0) is 11.5. The molecule has 0 atom stereocenters. The van der Waals surface area contributed by atoms with Gasteiger partial charge in [-0.3, -0.25) is 4.57 Å². The number of halogens is 1. The summed E-state index contributed by atoms with van der Waals surface area (Å²) in [5.41, 5.74) is 0.955. The minimum Gasteiger partial charge on any atom is -0.288 e. The highest BCUT2D eigenvalue weighted by Crippen LogP contribution is 2.20. The molecule has 4 nitrogen and oxygen atoms in total. The van der Waals surface area contributed by atoms with Gasteiger partial charge in [-0.1, -0.05) is 25.4 Å². The van der Waals surface area contributed by atoms with E-state index in [1.165, 1.54) is 6.33 Å². The molecular weight excluding hydrogens is 224 g/mol. The van der Waals surface area contributed by atoms with E-state index in [0.717, 1.165) is 30.0 Å². The van der Waals surface area contributed by atoms with Gasteiger partial charge in [0, 0.05) is 24.4 Å². The van der Waals surface area contributed by atoms with Crippen LogP contribution in [0.4, 0.5) is 0 Å². The Labute approximate surface area is 99.3 Å². The standard InChI is InChI=1S/C11H13ClN4/c1-3-8-10(12)14-7-15-11(8)16-6-5-13-9(16)4-2/h5-7H,3-4H2,1-2H3. The molecule has 0 spiro atoms. The van der Waals surface area contributed by atoms with Gasteiger partial charge in [0.05, 0.1) is 0 Å². The first kappa shape index (κ1) is 11.1. The normalized spacial score (nSPS) is 10.7. The zero-order valence-corrected chi connectivity index (χ0v) is 10.1. The molecule has 2 aromatic rings. The summed E-state index contributed by atoms with van der Waals surface area (Å²) in [6, 6.07) is 0. The summed E-state index contributed by atoms with van der Waals surface area (Å²) in [7, 11) is 0. The Morgan fingerprint density at radius 2 is 2.00 bits per heavy atom. The van der Waals surface area contributed by atoms with Crippen LogP contribution in [0.5, 0.6) is 0 Å². The maximum absolute atomic E-state index is 6.06. The van der Waals surface area contributed by atoms with Crippen LogP contribution in [0.2, 0.25) is 5.15 Å². The summed E-state index contributed by atoms with van der Waals surface area (Å²) in [6.45, 7) is 4.10. The van der Waals surface area contributed by atoms with Crippen LogP contribution in [0.25, 0.3) is 5.82 Å². The lowest BCUT2D eigenvalue weighted by atomic mass is 10.2. The summed E-state index contributed by atoms with van der Waals surface area (Å²) >= 11 is 6.06. The van der Waals surface area contributed by atoms with E-state index in [-0.39, 0.29) is 0 Å². The largest absolute Gasteiger partial charge is 0.288 e. The summed E-state index contributed by atoms with van der Waals surface area (Å²) in [4.78, 5) is 12.6. The molecule has 0 radical (unpaired) electrons. The van der Waals surface area contributed by atoms with Crippen LogP contribution < -0.4 is 0 Å². The van der Waals surface area contributed by atoms with Crippen molar-refractivity contribution < 1.29 is 0 Å². The predicted molar refractivity (Wildman–Crippen MR) is 62.9 cm³/mol. The van der Waals surface area contributed by atoms with Crippen molar-refractivity contribution in [3.63, 3.8) is 0 Å². The van der Waals surface area contributed by atoms with Gasteiger partial charge in [-0.15, -0.1) is 0 Å².